The van der Waals surface area contributed by atoms with E-state index in [1.165, 1.54) is 11.1 Å². The van der Waals surface area contributed by atoms with Gasteiger partial charge in [0, 0.05) is 10.7 Å². The average Bonchev–Trinajstić information content (AvgIpc) is 2.38. The average molecular weight is 289 g/mol. The van der Waals surface area contributed by atoms with Gasteiger partial charge in [-0.05, 0) is 17.5 Å². The lowest BCUT2D eigenvalue weighted by molar-refractivity contribution is 0.683. The maximum absolute atomic E-state index is 3.74. The van der Waals surface area contributed by atoms with Crippen LogP contribution in [0.4, 0.5) is 0 Å². The maximum Gasteiger partial charge on any atom is 0.0189 e. The topological polar surface area (TPSA) is 0 Å². The van der Waals surface area contributed by atoms with Crippen LogP contribution in [0, 0.1) is 0 Å². The van der Waals surface area contributed by atoms with Gasteiger partial charge in [0.25, 0.3) is 0 Å². The Bertz CT molecular complexity index is 434. The van der Waals surface area contributed by atoms with Crippen LogP contribution in [-0.4, -0.2) is 4.83 Å². The summed E-state index contributed by atoms with van der Waals surface area (Å²) >= 11 is 3.74. The number of rotatable bonds is 4. The number of hydrogen-bond acceptors (Lipinski definition) is 0. The van der Waals surface area contributed by atoms with Crippen molar-refractivity contribution in [2.45, 2.75) is 24.1 Å². The van der Waals surface area contributed by atoms with Crippen molar-refractivity contribution in [3.05, 3.63) is 71.8 Å². The highest BCUT2D eigenvalue weighted by molar-refractivity contribution is 9.09. The summed E-state index contributed by atoms with van der Waals surface area (Å²) in [5.74, 6) is 0.526. The Morgan fingerprint density at radius 1 is 0.882 bits per heavy atom. The van der Waals surface area contributed by atoms with Crippen molar-refractivity contribution in [1.29, 1.82) is 0 Å². The lowest BCUT2D eigenvalue weighted by Crippen LogP contribution is -2.12. The quantitative estimate of drug-likeness (QED) is 0.709. The smallest absolute Gasteiger partial charge is 0.0189 e. The van der Waals surface area contributed by atoms with Crippen LogP contribution in [0.3, 0.4) is 0 Å². The third-order valence-corrected chi connectivity index (χ3v) is 3.72. The molecule has 2 rings (SSSR count). The number of halogens is 1. The fraction of sp³-hybridized carbons (Fsp3) is 0.250. The molecule has 0 radical (unpaired) electrons. The Kier molecular flexibility index (Phi) is 4.38. The van der Waals surface area contributed by atoms with E-state index in [9.17, 15) is 0 Å². The SMILES string of the molecule is CC(Br)C(Cc1ccccc1)c1ccccc1. The van der Waals surface area contributed by atoms with Gasteiger partial charge in [0.05, 0.1) is 0 Å². The second-order valence-electron chi connectivity index (χ2n) is 4.38. The number of alkyl halides is 1. The van der Waals surface area contributed by atoms with Crippen LogP contribution >= 0.6 is 15.9 Å². The summed E-state index contributed by atoms with van der Waals surface area (Å²) in [4.78, 5) is 0.477. The predicted octanol–water partition coefficient (Wildman–Crippen LogP) is 4.80. The highest BCUT2D eigenvalue weighted by Crippen LogP contribution is 2.28. The van der Waals surface area contributed by atoms with Crippen LogP contribution in [0.2, 0.25) is 0 Å². The normalized spacial score (nSPS) is 14.2. The standard InChI is InChI=1S/C16H17Br/c1-13(17)16(15-10-6-3-7-11-15)12-14-8-4-2-5-9-14/h2-11,13,16H,12H2,1H3. The zero-order valence-corrected chi connectivity index (χ0v) is 11.6. The molecule has 1 heteroatoms. The zero-order valence-electron chi connectivity index (χ0n) is 10.0. The molecule has 17 heavy (non-hydrogen) atoms. The van der Waals surface area contributed by atoms with Crippen LogP contribution < -0.4 is 0 Å². The van der Waals surface area contributed by atoms with Gasteiger partial charge < -0.3 is 0 Å². The van der Waals surface area contributed by atoms with E-state index in [2.05, 4.69) is 83.5 Å². The Balaban J connectivity index is 2.20. The lowest BCUT2D eigenvalue weighted by atomic mass is 9.90. The van der Waals surface area contributed by atoms with Gasteiger partial charge in [0.2, 0.25) is 0 Å². The van der Waals surface area contributed by atoms with E-state index in [4.69, 9.17) is 0 Å². The van der Waals surface area contributed by atoms with Gasteiger partial charge >= 0.3 is 0 Å². The largest absolute Gasteiger partial charge is 0.0887 e. The molecule has 0 aromatic heterocycles. The summed E-state index contributed by atoms with van der Waals surface area (Å²) in [5.41, 5.74) is 2.80. The lowest BCUT2D eigenvalue weighted by Gasteiger charge is -2.20. The van der Waals surface area contributed by atoms with Crippen LogP contribution in [-0.2, 0) is 6.42 Å². The van der Waals surface area contributed by atoms with E-state index in [0.717, 1.165) is 6.42 Å². The summed E-state index contributed by atoms with van der Waals surface area (Å²) in [7, 11) is 0. The van der Waals surface area contributed by atoms with E-state index < -0.39 is 0 Å². The van der Waals surface area contributed by atoms with E-state index >= 15 is 0 Å². The molecule has 0 nitrogen and oxygen atoms in total. The first-order valence-electron chi connectivity index (χ1n) is 6.00. The van der Waals surface area contributed by atoms with Gasteiger partial charge in [-0.3, -0.25) is 0 Å². The number of benzene rings is 2. The minimum atomic E-state index is 0.477. The molecule has 2 atom stereocenters. The Morgan fingerprint density at radius 3 is 1.94 bits per heavy atom. The molecule has 0 saturated heterocycles. The third-order valence-electron chi connectivity index (χ3n) is 3.08. The molecular formula is C16H17Br. The first-order chi connectivity index (χ1) is 8.27. The number of hydrogen-bond donors (Lipinski definition) is 0. The van der Waals surface area contributed by atoms with E-state index in [1.54, 1.807) is 0 Å². The highest BCUT2D eigenvalue weighted by atomic mass is 79.9. The van der Waals surface area contributed by atoms with Crippen LogP contribution in [0.5, 0.6) is 0 Å². The van der Waals surface area contributed by atoms with Crippen molar-refractivity contribution >= 4 is 15.9 Å². The van der Waals surface area contributed by atoms with Crippen LogP contribution in [0.1, 0.15) is 24.0 Å². The van der Waals surface area contributed by atoms with Crippen molar-refractivity contribution in [2.75, 3.05) is 0 Å². The first kappa shape index (κ1) is 12.4. The Labute approximate surface area is 112 Å². The summed E-state index contributed by atoms with van der Waals surface area (Å²) in [5, 5.41) is 0. The molecule has 0 aliphatic heterocycles. The molecule has 0 amide bonds. The van der Waals surface area contributed by atoms with Crippen molar-refractivity contribution < 1.29 is 0 Å². The molecule has 0 aliphatic rings. The van der Waals surface area contributed by atoms with Crippen molar-refractivity contribution in [2.24, 2.45) is 0 Å². The maximum atomic E-state index is 3.74. The van der Waals surface area contributed by atoms with Crippen molar-refractivity contribution in [1.82, 2.24) is 0 Å². The van der Waals surface area contributed by atoms with Gasteiger partial charge in [-0.25, -0.2) is 0 Å². The summed E-state index contributed by atoms with van der Waals surface area (Å²) in [6, 6.07) is 21.4. The summed E-state index contributed by atoms with van der Waals surface area (Å²) in [6.07, 6.45) is 1.08. The Morgan fingerprint density at radius 2 is 1.41 bits per heavy atom. The van der Waals surface area contributed by atoms with Crippen molar-refractivity contribution in [3.63, 3.8) is 0 Å². The van der Waals surface area contributed by atoms with Gasteiger partial charge in [-0.2, -0.15) is 0 Å². The molecule has 0 bridgehead atoms. The highest BCUT2D eigenvalue weighted by Gasteiger charge is 2.17. The molecule has 0 N–H and O–H groups in total. The minimum Gasteiger partial charge on any atom is -0.0887 e. The van der Waals surface area contributed by atoms with Crippen LogP contribution in [0.15, 0.2) is 60.7 Å². The van der Waals surface area contributed by atoms with Gasteiger partial charge in [-0.1, -0.05) is 83.5 Å². The molecular weight excluding hydrogens is 272 g/mol. The second-order valence-corrected chi connectivity index (χ2v) is 5.83. The Hall–Kier alpha value is -1.08. The van der Waals surface area contributed by atoms with Gasteiger partial charge in [0.1, 0.15) is 0 Å². The molecule has 0 fully saturated rings. The fourth-order valence-corrected chi connectivity index (χ4v) is 2.61. The fourth-order valence-electron chi connectivity index (χ4n) is 2.11. The predicted molar refractivity (Wildman–Crippen MR) is 77.7 cm³/mol. The molecule has 2 unspecified atom stereocenters. The van der Waals surface area contributed by atoms with E-state index in [-0.39, 0.29) is 0 Å². The van der Waals surface area contributed by atoms with E-state index in [1.807, 2.05) is 0 Å². The minimum absolute atomic E-state index is 0.477. The van der Waals surface area contributed by atoms with Gasteiger partial charge in [0.15, 0.2) is 0 Å². The molecule has 0 heterocycles. The molecule has 0 saturated carbocycles. The molecule has 0 spiro atoms. The van der Waals surface area contributed by atoms with Crippen molar-refractivity contribution in [3.8, 4) is 0 Å². The summed E-state index contributed by atoms with van der Waals surface area (Å²) in [6.45, 7) is 2.22. The third kappa shape index (κ3) is 3.44. The molecule has 2 aromatic rings. The summed E-state index contributed by atoms with van der Waals surface area (Å²) < 4.78 is 0. The monoisotopic (exact) mass is 288 g/mol. The molecule has 0 aliphatic carbocycles. The second kappa shape index (κ2) is 6.02. The molecule has 88 valence electrons. The zero-order chi connectivity index (χ0) is 12.1. The molecule has 2 aromatic carbocycles. The van der Waals surface area contributed by atoms with Gasteiger partial charge in [-0.15, -0.1) is 0 Å². The first-order valence-corrected chi connectivity index (χ1v) is 6.92. The van der Waals surface area contributed by atoms with E-state index in [0.29, 0.717) is 10.7 Å². The van der Waals surface area contributed by atoms with Crippen LogP contribution in [0.25, 0.3) is 0 Å².